The molecular formula is C12H16BrN3O3S. The molecule has 2 rings (SSSR count). The quantitative estimate of drug-likeness (QED) is 0.356. The van der Waals surface area contributed by atoms with Gasteiger partial charge in [0.1, 0.15) is 0 Å². The molecule has 1 aromatic carbocycles. The number of nitrogens with zero attached hydrogens (tertiary/aromatic N) is 2. The first kappa shape index (κ1) is 15.1. The van der Waals surface area contributed by atoms with Gasteiger partial charge in [-0.25, -0.2) is 8.42 Å². The van der Waals surface area contributed by atoms with Gasteiger partial charge in [-0.15, -0.1) is 0 Å². The first-order valence-corrected chi connectivity index (χ1v) is 8.77. The Morgan fingerprint density at radius 1 is 1.35 bits per heavy atom. The Kier molecular flexibility index (Phi) is 4.54. The number of oxime groups is 1. The van der Waals surface area contributed by atoms with Crippen LogP contribution in [0.4, 0.5) is 5.69 Å². The molecule has 1 aliphatic rings. The predicted molar refractivity (Wildman–Crippen MR) is 82.1 cm³/mol. The zero-order valence-corrected chi connectivity index (χ0v) is 13.2. The first-order valence-electron chi connectivity index (χ1n) is 6.16. The summed E-state index contributed by atoms with van der Waals surface area (Å²) in [5.41, 5.74) is 7.08. The molecule has 20 heavy (non-hydrogen) atoms. The molecular weight excluding hydrogens is 346 g/mol. The van der Waals surface area contributed by atoms with Crippen molar-refractivity contribution in [1.82, 2.24) is 0 Å². The molecule has 0 aliphatic carbocycles. The maximum Gasteiger partial charge on any atom is 0.171 e. The molecule has 0 unspecified atom stereocenters. The van der Waals surface area contributed by atoms with Crippen LogP contribution in [0.25, 0.3) is 0 Å². The lowest BCUT2D eigenvalue weighted by Gasteiger charge is -2.22. The third kappa shape index (κ3) is 3.43. The van der Waals surface area contributed by atoms with Crippen molar-refractivity contribution in [3.63, 3.8) is 0 Å². The van der Waals surface area contributed by atoms with Crippen LogP contribution >= 0.6 is 15.9 Å². The number of nitrogens with two attached hydrogens (primary N) is 1. The van der Waals surface area contributed by atoms with Gasteiger partial charge < -0.3 is 15.8 Å². The molecule has 1 aromatic rings. The number of sulfone groups is 1. The summed E-state index contributed by atoms with van der Waals surface area (Å²) in [6, 6.07) is 5.44. The van der Waals surface area contributed by atoms with Crippen molar-refractivity contribution in [2.75, 3.05) is 29.5 Å². The van der Waals surface area contributed by atoms with Crippen molar-refractivity contribution in [2.24, 2.45) is 10.9 Å². The molecule has 0 spiro atoms. The molecule has 1 aliphatic heterocycles. The van der Waals surface area contributed by atoms with Crippen molar-refractivity contribution >= 4 is 37.3 Å². The molecule has 0 saturated carbocycles. The highest BCUT2D eigenvalue weighted by Crippen LogP contribution is 2.25. The van der Waals surface area contributed by atoms with Crippen LogP contribution in [0, 0.1) is 0 Å². The normalized spacial score (nSPS) is 19.6. The van der Waals surface area contributed by atoms with E-state index in [1.165, 1.54) is 0 Å². The number of anilines is 1. The van der Waals surface area contributed by atoms with E-state index in [0.717, 1.165) is 5.69 Å². The summed E-state index contributed by atoms with van der Waals surface area (Å²) in [6.07, 6.45) is 0.627. The molecule has 0 amide bonds. The highest BCUT2D eigenvalue weighted by Gasteiger charge is 2.20. The fourth-order valence-electron chi connectivity index (χ4n) is 2.16. The minimum atomic E-state index is -2.92. The number of amidine groups is 1. The predicted octanol–water partition coefficient (Wildman–Crippen LogP) is 1.17. The number of hydrogen-bond acceptors (Lipinski definition) is 5. The Hall–Kier alpha value is -1.28. The van der Waals surface area contributed by atoms with E-state index < -0.39 is 9.84 Å². The molecule has 6 nitrogen and oxygen atoms in total. The topological polar surface area (TPSA) is 96.0 Å². The molecule has 1 fully saturated rings. The lowest BCUT2D eigenvalue weighted by atomic mass is 10.1. The van der Waals surface area contributed by atoms with Crippen molar-refractivity contribution < 1.29 is 13.6 Å². The van der Waals surface area contributed by atoms with Gasteiger partial charge in [0.15, 0.2) is 15.7 Å². The fourth-order valence-corrected chi connectivity index (χ4v) is 4.00. The highest BCUT2D eigenvalue weighted by molar-refractivity contribution is 9.10. The Balaban J connectivity index is 2.24. The van der Waals surface area contributed by atoms with Gasteiger partial charge in [0.05, 0.1) is 11.5 Å². The minimum Gasteiger partial charge on any atom is -0.409 e. The SMILES string of the molecule is N/C(=N/O)c1ccc(N2CCCS(=O)(=O)CC2)cc1Br. The summed E-state index contributed by atoms with van der Waals surface area (Å²) in [4.78, 5) is 2.03. The van der Waals surface area contributed by atoms with E-state index in [4.69, 9.17) is 10.9 Å². The Labute approximate surface area is 126 Å². The third-order valence-electron chi connectivity index (χ3n) is 3.26. The van der Waals surface area contributed by atoms with Crippen LogP contribution in [0.5, 0.6) is 0 Å². The molecule has 110 valence electrons. The van der Waals surface area contributed by atoms with Gasteiger partial charge in [0.2, 0.25) is 0 Å². The van der Waals surface area contributed by atoms with Crippen molar-refractivity contribution in [1.29, 1.82) is 0 Å². The average Bonchev–Trinajstić information content (AvgIpc) is 2.59. The fraction of sp³-hybridized carbons (Fsp3) is 0.417. The molecule has 0 bridgehead atoms. The van der Waals surface area contributed by atoms with Gasteiger partial charge in [0.25, 0.3) is 0 Å². The summed E-state index contributed by atoms with van der Waals surface area (Å²) in [5.74, 6) is 0.446. The van der Waals surface area contributed by atoms with Crippen molar-refractivity contribution in [3.05, 3.63) is 28.2 Å². The summed E-state index contributed by atoms with van der Waals surface area (Å²) in [6.45, 7) is 1.19. The van der Waals surface area contributed by atoms with E-state index in [1.807, 2.05) is 17.0 Å². The Morgan fingerprint density at radius 2 is 2.10 bits per heavy atom. The molecule has 0 atom stereocenters. The van der Waals surface area contributed by atoms with E-state index in [1.54, 1.807) is 6.07 Å². The summed E-state index contributed by atoms with van der Waals surface area (Å²) < 4.78 is 23.9. The van der Waals surface area contributed by atoms with E-state index in [2.05, 4.69) is 21.1 Å². The molecule has 0 radical (unpaired) electrons. The van der Waals surface area contributed by atoms with Gasteiger partial charge in [0, 0.05) is 28.8 Å². The maximum absolute atomic E-state index is 11.6. The van der Waals surface area contributed by atoms with Gasteiger partial charge in [-0.2, -0.15) is 0 Å². The standard InChI is InChI=1S/C12H16BrN3O3S/c13-11-8-9(2-3-10(11)12(14)15-17)16-4-1-6-20(18,19)7-5-16/h2-3,8,17H,1,4-7H2,(H2,14,15). The largest absolute Gasteiger partial charge is 0.409 e. The van der Waals surface area contributed by atoms with Gasteiger partial charge >= 0.3 is 0 Å². The second-order valence-corrected chi connectivity index (χ2v) is 7.80. The zero-order valence-electron chi connectivity index (χ0n) is 10.8. The zero-order chi connectivity index (χ0) is 14.8. The van der Waals surface area contributed by atoms with Crippen LogP contribution in [-0.4, -0.2) is 44.1 Å². The van der Waals surface area contributed by atoms with E-state index >= 15 is 0 Å². The Bertz CT molecular complexity index is 631. The smallest absolute Gasteiger partial charge is 0.171 e. The Morgan fingerprint density at radius 3 is 2.75 bits per heavy atom. The molecule has 1 saturated heterocycles. The third-order valence-corrected chi connectivity index (χ3v) is 5.63. The van der Waals surface area contributed by atoms with Crippen molar-refractivity contribution in [3.8, 4) is 0 Å². The van der Waals surface area contributed by atoms with E-state index in [9.17, 15) is 8.42 Å². The van der Waals surface area contributed by atoms with Crippen LogP contribution < -0.4 is 10.6 Å². The second kappa shape index (κ2) is 6.01. The lowest BCUT2D eigenvalue weighted by molar-refractivity contribution is 0.318. The van der Waals surface area contributed by atoms with Gasteiger partial charge in [-0.1, -0.05) is 5.16 Å². The second-order valence-electron chi connectivity index (χ2n) is 4.64. The summed E-state index contributed by atoms with van der Waals surface area (Å²) >= 11 is 3.38. The summed E-state index contributed by atoms with van der Waals surface area (Å²) in [5, 5.41) is 11.7. The monoisotopic (exact) mass is 361 g/mol. The lowest BCUT2D eigenvalue weighted by Crippen LogP contribution is -2.26. The van der Waals surface area contributed by atoms with E-state index in [-0.39, 0.29) is 17.3 Å². The van der Waals surface area contributed by atoms with Gasteiger partial charge in [-0.3, -0.25) is 0 Å². The van der Waals surface area contributed by atoms with Crippen LogP contribution in [0.2, 0.25) is 0 Å². The maximum atomic E-state index is 11.6. The molecule has 8 heteroatoms. The molecule has 0 aromatic heterocycles. The highest BCUT2D eigenvalue weighted by atomic mass is 79.9. The number of halogens is 1. The summed E-state index contributed by atoms with van der Waals surface area (Å²) in [7, 11) is -2.92. The van der Waals surface area contributed by atoms with Crippen LogP contribution in [0.15, 0.2) is 27.8 Å². The number of benzene rings is 1. The average molecular weight is 362 g/mol. The van der Waals surface area contributed by atoms with Gasteiger partial charge in [-0.05, 0) is 40.5 Å². The number of rotatable bonds is 2. The number of hydrogen-bond donors (Lipinski definition) is 2. The van der Waals surface area contributed by atoms with Crippen molar-refractivity contribution in [2.45, 2.75) is 6.42 Å². The van der Waals surface area contributed by atoms with Crippen LogP contribution in [0.3, 0.4) is 0 Å². The van der Waals surface area contributed by atoms with Crippen LogP contribution in [-0.2, 0) is 9.84 Å². The van der Waals surface area contributed by atoms with Crippen LogP contribution in [0.1, 0.15) is 12.0 Å². The first-order chi connectivity index (χ1) is 9.43. The molecule has 3 N–H and O–H groups in total. The minimum absolute atomic E-state index is 0.0295. The van der Waals surface area contributed by atoms with E-state index in [0.29, 0.717) is 29.5 Å². The molecule has 1 heterocycles.